The van der Waals surface area contributed by atoms with Crippen molar-refractivity contribution in [1.82, 2.24) is 9.80 Å². The Morgan fingerprint density at radius 1 is 1.13 bits per heavy atom. The van der Waals surface area contributed by atoms with Crippen LogP contribution in [0.5, 0.6) is 0 Å². The standard InChI is InChI=1S/C18H35N3O2/c1-5-6-7-8-9-10-16(22)21-12-11-20(13-15(21)4)18(23)17(19)14(2)3/h14-15,17H,5-13,19H2,1-4H3/t15-,17+/m0/s1. The zero-order valence-corrected chi connectivity index (χ0v) is 15.4. The van der Waals surface area contributed by atoms with Crippen molar-refractivity contribution in [2.24, 2.45) is 11.7 Å². The highest BCUT2D eigenvalue weighted by Gasteiger charge is 2.32. The predicted octanol–water partition coefficient (Wildman–Crippen LogP) is 2.39. The first kappa shape index (κ1) is 19.9. The van der Waals surface area contributed by atoms with E-state index in [-0.39, 0.29) is 23.8 Å². The molecule has 1 fully saturated rings. The van der Waals surface area contributed by atoms with E-state index in [0.29, 0.717) is 26.1 Å². The molecular formula is C18H35N3O2. The second-order valence-corrected chi connectivity index (χ2v) is 7.15. The summed E-state index contributed by atoms with van der Waals surface area (Å²) in [6, 6.07) is -0.363. The number of unbranched alkanes of at least 4 members (excludes halogenated alkanes) is 4. The molecule has 2 amide bonds. The van der Waals surface area contributed by atoms with Crippen LogP contribution in [0.3, 0.4) is 0 Å². The SMILES string of the molecule is CCCCCCCC(=O)N1CCN(C(=O)[C@H](N)C(C)C)C[C@@H]1C. The molecule has 134 valence electrons. The normalized spacial score (nSPS) is 20.0. The fourth-order valence-corrected chi connectivity index (χ4v) is 3.05. The highest BCUT2D eigenvalue weighted by atomic mass is 16.2. The quantitative estimate of drug-likeness (QED) is 0.697. The van der Waals surface area contributed by atoms with Crippen LogP contribution in [0.4, 0.5) is 0 Å². The number of amides is 2. The first-order valence-electron chi connectivity index (χ1n) is 9.22. The third-order valence-electron chi connectivity index (χ3n) is 4.76. The maximum Gasteiger partial charge on any atom is 0.239 e. The summed E-state index contributed by atoms with van der Waals surface area (Å²) in [5.74, 6) is 0.383. The Kier molecular flexibility index (Phi) is 8.59. The zero-order chi connectivity index (χ0) is 17.4. The second-order valence-electron chi connectivity index (χ2n) is 7.15. The third-order valence-corrected chi connectivity index (χ3v) is 4.76. The molecular weight excluding hydrogens is 290 g/mol. The van der Waals surface area contributed by atoms with Gasteiger partial charge in [-0.05, 0) is 19.3 Å². The maximum absolute atomic E-state index is 12.4. The second kappa shape index (κ2) is 9.91. The molecule has 0 spiro atoms. The molecule has 2 atom stereocenters. The van der Waals surface area contributed by atoms with E-state index in [4.69, 9.17) is 5.73 Å². The average Bonchev–Trinajstić information content (AvgIpc) is 2.52. The minimum Gasteiger partial charge on any atom is -0.338 e. The lowest BCUT2D eigenvalue weighted by atomic mass is 10.0. The van der Waals surface area contributed by atoms with Gasteiger partial charge in [-0.25, -0.2) is 0 Å². The van der Waals surface area contributed by atoms with Gasteiger partial charge in [-0.1, -0.05) is 46.5 Å². The van der Waals surface area contributed by atoms with Gasteiger partial charge in [0.25, 0.3) is 0 Å². The molecule has 0 aromatic carbocycles. The van der Waals surface area contributed by atoms with Crippen molar-refractivity contribution in [3.63, 3.8) is 0 Å². The van der Waals surface area contributed by atoms with Crippen LogP contribution < -0.4 is 5.73 Å². The van der Waals surface area contributed by atoms with Gasteiger partial charge in [0.15, 0.2) is 0 Å². The summed E-state index contributed by atoms with van der Waals surface area (Å²) < 4.78 is 0. The number of rotatable bonds is 8. The van der Waals surface area contributed by atoms with E-state index in [2.05, 4.69) is 6.92 Å². The zero-order valence-electron chi connectivity index (χ0n) is 15.4. The number of nitrogens with zero attached hydrogens (tertiary/aromatic N) is 2. The fraction of sp³-hybridized carbons (Fsp3) is 0.889. The van der Waals surface area contributed by atoms with Gasteiger partial charge in [0, 0.05) is 32.1 Å². The number of nitrogens with two attached hydrogens (primary N) is 1. The van der Waals surface area contributed by atoms with E-state index in [9.17, 15) is 9.59 Å². The lowest BCUT2D eigenvalue weighted by Gasteiger charge is -2.41. The van der Waals surface area contributed by atoms with Crippen LogP contribution in [0.15, 0.2) is 0 Å². The molecule has 0 radical (unpaired) electrons. The van der Waals surface area contributed by atoms with Gasteiger partial charge in [-0.2, -0.15) is 0 Å². The molecule has 0 bridgehead atoms. The summed E-state index contributed by atoms with van der Waals surface area (Å²) in [6.07, 6.45) is 6.43. The number of hydrogen-bond acceptors (Lipinski definition) is 3. The lowest BCUT2D eigenvalue weighted by molar-refractivity contribution is -0.143. The molecule has 2 N–H and O–H groups in total. The van der Waals surface area contributed by atoms with Crippen molar-refractivity contribution in [1.29, 1.82) is 0 Å². The van der Waals surface area contributed by atoms with Crippen LogP contribution in [0, 0.1) is 5.92 Å². The van der Waals surface area contributed by atoms with E-state index in [1.165, 1.54) is 19.3 Å². The van der Waals surface area contributed by atoms with Crippen LogP contribution in [0.25, 0.3) is 0 Å². The Labute approximate surface area is 141 Å². The summed E-state index contributed by atoms with van der Waals surface area (Å²) in [7, 11) is 0. The molecule has 5 heteroatoms. The Bertz CT molecular complexity index is 384. The fourth-order valence-electron chi connectivity index (χ4n) is 3.05. The monoisotopic (exact) mass is 325 g/mol. The third kappa shape index (κ3) is 6.13. The molecule has 1 heterocycles. The highest BCUT2D eigenvalue weighted by Crippen LogP contribution is 2.15. The summed E-state index contributed by atoms with van der Waals surface area (Å²) in [5.41, 5.74) is 5.96. The summed E-state index contributed by atoms with van der Waals surface area (Å²) >= 11 is 0. The van der Waals surface area contributed by atoms with E-state index in [1.807, 2.05) is 30.6 Å². The minimum atomic E-state index is -0.442. The number of carbonyl (C=O) groups excluding carboxylic acids is 2. The molecule has 1 aliphatic heterocycles. The molecule has 23 heavy (non-hydrogen) atoms. The molecule has 0 aliphatic carbocycles. The van der Waals surface area contributed by atoms with Crippen molar-refractivity contribution in [2.45, 2.75) is 78.3 Å². The van der Waals surface area contributed by atoms with Crippen molar-refractivity contribution in [3.8, 4) is 0 Å². The number of carbonyl (C=O) groups is 2. The highest BCUT2D eigenvalue weighted by molar-refractivity contribution is 5.82. The Morgan fingerprint density at radius 3 is 2.35 bits per heavy atom. The van der Waals surface area contributed by atoms with Crippen LogP contribution >= 0.6 is 0 Å². The van der Waals surface area contributed by atoms with E-state index in [1.54, 1.807) is 0 Å². The molecule has 1 rings (SSSR count). The lowest BCUT2D eigenvalue weighted by Crippen LogP contribution is -2.58. The number of hydrogen-bond donors (Lipinski definition) is 1. The summed E-state index contributed by atoms with van der Waals surface area (Å²) in [6.45, 7) is 9.97. The molecule has 1 saturated heterocycles. The van der Waals surface area contributed by atoms with Crippen molar-refractivity contribution < 1.29 is 9.59 Å². The van der Waals surface area contributed by atoms with Crippen LogP contribution in [-0.4, -0.2) is 53.3 Å². The molecule has 5 nitrogen and oxygen atoms in total. The Balaban J connectivity index is 2.40. The molecule has 0 saturated carbocycles. The minimum absolute atomic E-state index is 0.0125. The first-order chi connectivity index (χ1) is 10.9. The van der Waals surface area contributed by atoms with Gasteiger partial charge in [-0.3, -0.25) is 9.59 Å². The van der Waals surface area contributed by atoms with Crippen LogP contribution in [0.1, 0.15) is 66.2 Å². The molecule has 0 aromatic heterocycles. The van der Waals surface area contributed by atoms with E-state index in [0.717, 1.165) is 12.8 Å². The number of piperazine rings is 1. The topological polar surface area (TPSA) is 66.6 Å². The van der Waals surface area contributed by atoms with Crippen molar-refractivity contribution >= 4 is 11.8 Å². The van der Waals surface area contributed by atoms with Crippen LogP contribution in [-0.2, 0) is 9.59 Å². The Hall–Kier alpha value is -1.10. The van der Waals surface area contributed by atoms with Gasteiger partial charge in [0.1, 0.15) is 0 Å². The first-order valence-corrected chi connectivity index (χ1v) is 9.22. The van der Waals surface area contributed by atoms with Crippen molar-refractivity contribution in [2.75, 3.05) is 19.6 Å². The average molecular weight is 325 g/mol. The molecule has 0 unspecified atom stereocenters. The predicted molar refractivity (Wildman–Crippen MR) is 93.9 cm³/mol. The van der Waals surface area contributed by atoms with Gasteiger partial charge < -0.3 is 15.5 Å². The van der Waals surface area contributed by atoms with E-state index >= 15 is 0 Å². The maximum atomic E-state index is 12.4. The van der Waals surface area contributed by atoms with Crippen LogP contribution in [0.2, 0.25) is 0 Å². The Morgan fingerprint density at radius 2 is 1.78 bits per heavy atom. The van der Waals surface area contributed by atoms with E-state index < -0.39 is 6.04 Å². The summed E-state index contributed by atoms with van der Waals surface area (Å²) in [4.78, 5) is 28.4. The smallest absolute Gasteiger partial charge is 0.239 e. The summed E-state index contributed by atoms with van der Waals surface area (Å²) in [5, 5.41) is 0. The van der Waals surface area contributed by atoms with Gasteiger partial charge in [-0.15, -0.1) is 0 Å². The van der Waals surface area contributed by atoms with Gasteiger partial charge >= 0.3 is 0 Å². The largest absolute Gasteiger partial charge is 0.338 e. The van der Waals surface area contributed by atoms with Gasteiger partial charge in [0.05, 0.1) is 6.04 Å². The molecule has 1 aliphatic rings. The van der Waals surface area contributed by atoms with Crippen molar-refractivity contribution in [3.05, 3.63) is 0 Å². The molecule has 0 aromatic rings. The van der Waals surface area contributed by atoms with Gasteiger partial charge in [0.2, 0.25) is 11.8 Å².